The van der Waals surface area contributed by atoms with Crippen LogP contribution in [0.2, 0.25) is 0 Å². The monoisotopic (exact) mass is 298 g/mol. The molecule has 118 valence electrons. The third-order valence-corrected chi connectivity index (χ3v) is 4.01. The van der Waals surface area contributed by atoms with Crippen molar-refractivity contribution in [2.24, 2.45) is 5.92 Å². The molecule has 0 aliphatic carbocycles. The molecule has 2 fully saturated rings. The second kappa shape index (κ2) is 6.64. The van der Waals surface area contributed by atoms with E-state index in [2.05, 4.69) is 10.6 Å². The Balaban J connectivity index is 1.81. The highest BCUT2D eigenvalue weighted by molar-refractivity contribution is 5.79. The van der Waals surface area contributed by atoms with Gasteiger partial charge in [0.25, 0.3) is 0 Å². The lowest BCUT2D eigenvalue weighted by molar-refractivity contribution is -0.141. The van der Waals surface area contributed by atoms with Crippen LogP contribution in [0, 0.1) is 5.92 Å². The molecule has 2 saturated heterocycles. The zero-order valence-corrected chi connectivity index (χ0v) is 12.2. The summed E-state index contributed by atoms with van der Waals surface area (Å²) < 4.78 is 0. The molecule has 0 spiro atoms. The number of fused-ring (bicyclic) bond motifs is 1. The lowest BCUT2D eigenvalue weighted by atomic mass is 10.0. The quantitative estimate of drug-likeness (QED) is 0.660. The van der Waals surface area contributed by atoms with E-state index in [0.717, 1.165) is 6.42 Å². The number of aliphatic carboxylic acids is 1. The van der Waals surface area contributed by atoms with Crippen molar-refractivity contribution in [2.45, 2.75) is 25.8 Å². The van der Waals surface area contributed by atoms with Gasteiger partial charge in [-0.2, -0.15) is 0 Å². The molecule has 0 aromatic heterocycles. The van der Waals surface area contributed by atoms with Gasteiger partial charge in [0.1, 0.15) is 0 Å². The number of nitrogens with zero attached hydrogens (tertiary/aromatic N) is 2. The molecule has 21 heavy (non-hydrogen) atoms. The third kappa shape index (κ3) is 3.56. The molecule has 0 bridgehead atoms. The summed E-state index contributed by atoms with van der Waals surface area (Å²) in [6.45, 7) is 4.08. The summed E-state index contributed by atoms with van der Waals surface area (Å²) in [6, 6.07) is -0.312. The lowest BCUT2D eigenvalue weighted by Crippen LogP contribution is -2.56. The molecule has 2 rings (SSSR count). The molecule has 0 saturated carbocycles. The molecule has 2 atom stereocenters. The van der Waals surface area contributed by atoms with E-state index in [1.807, 2.05) is 6.92 Å². The maximum Gasteiger partial charge on any atom is 0.317 e. The number of nitrogens with one attached hydrogen (secondary N) is 2. The van der Waals surface area contributed by atoms with Crippen molar-refractivity contribution in [1.29, 1.82) is 0 Å². The molecular formula is C13H22N4O4. The summed E-state index contributed by atoms with van der Waals surface area (Å²) in [7, 11) is 0. The highest BCUT2D eigenvalue weighted by Crippen LogP contribution is 2.14. The minimum absolute atomic E-state index is 0.0166. The number of hydrogen-bond acceptors (Lipinski definition) is 3. The van der Waals surface area contributed by atoms with Gasteiger partial charge in [-0.1, -0.05) is 13.3 Å². The first-order chi connectivity index (χ1) is 10.0. The number of rotatable bonds is 5. The van der Waals surface area contributed by atoms with Crippen molar-refractivity contribution in [3.63, 3.8) is 0 Å². The molecule has 2 heterocycles. The molecule has 2 aliphatic heterocycles. The van der Waals surface area contributed by atoms with Gasteiger partial charge in [-0.05, 0) is 6.42 Å². The van der Waals surface area contributed by atoms with Crippen LogP contribution in [-0.4, -0.2) is 71.7 Å². The fourth-order valence-electron chi connectivity index (χ4n) is 2.77. The van der Waals surface area contributed by atoms with Gasteiger partial charge in [-0.3, -0.25) is 4.79 Å². The number of amides is 4. The summed E-state index contributed by atoms with van der Waals surface area (Å²) in [5.41, 5.74) is 0. The molecule has 4 amide bonds. The Kier molecular flexibility index (Phi) is 4.87. The van der Waals surface area contributed by atoms with Gasteiger partial charge < -0.3 is 25.5 Å². The first-order valence-corrected chi connectivity index (χ1v) is 7.33. The van der Waals surface area contributed by atoms with Crippen LogP contribution in [-0.2, 0) is 4.79 Å². The van der Waals surface area contributed by atoms with E-state index in [0.29, 0.717) is 32.6 Å². The highest BCUT2D eigenvalue weighted by atomic mass is 16.4. The van der Waals surface area contributed by atoms with Crippen molar-refractivity contribution in [1.82, 2.24) is 20.4 Å². The van der Waals surface area contributed by atoms with Crippen molar-refractivity contribution in [3.05, 3.63) is 0 Å². The molecule has 0 aromatic rings. The fraction of sp³-hybridized carbons (Fsp3) is 0.769. The maximum atomic E-state index is 12.1. The van der Waals surface area contributed by atoms with E-state index in [1.165, 1.54) is 0 Å². The molecule has 3 N–H and O–H groups in total. The smallest absolute Gasteiger partial charge is 0.317 e. The molecular weight excluding hydrogens is 276 g/mol. The standard InChI is InChI=1S/C13H22N4O4/c1-2-3-9(11(18)19)6-14-12(20)16-4-5-17-10(8-16)7-15-13(17)21/h9-10H,2-8H2,1H3,(H,14,20)(H,15,21)(H,18,19). The van der Waals surface area contributed by atoms with Crippen molar-refractivity contribution in [2.75, 3.05) is 32.7 Å². The lowest BCUT2D eigenvalue weighted by Gasteiger charge is -2.36. The number of carbonyl (C=O) groups is 3. The Morgan fingerprint density at radius 3 is 2.90 bits per heavy atom. The Bertz CT molecular complexity index is 428. The Hall–Kier alpha value is -1.99. The second-order valence-corrected chi connectivity index (χ2v) is 5.49. The first-order valence-electron chi connectivity index (χ1n) is 7.33. The van der Waals surface area contributed by atoms with Crippen molar-refractivity contribution in [3.8, 4) is 0 Å². The van der Waals surface area contributed by atoms with E-state index in [1.54, 1.807) is 9.80 Å². The van der Waals surface area contributed by atoms with Gasteiger partial charge in [-0.15, -0.1) is 0 Å². The summed E-state index contributed by atoms with van der Waals surface area (Å²) in [5.74, 6) is -1.43. The number of carboxylic acid groups (broad SMARTS) is 1. The maximum absolute atomic E-state index is 12.1. The van der Waals surface area contributed by atoms with Gasteiger partial charge in [-0.25, -0.2) is 9.59 Å². The van der Waals surface area contributed by atoms with E-state index >= 15 is 0 Å². The molecule has 0 aromatic carbocycles. The normalized spacial score (nSPS) is 22.5. The van der Waals surface area contributed by atoms with Crippen LogP contribution >= 0.6 is 0 Å². The Morgan fingerprint density at radius 1 is 1.48 bits per heavy atom. The minimum atomic E-state index is -0.882. The number of carbonyl (C=O) groups excluding carboxylic acids is 2. The van der Waals surface area contributed by atoms with E-state index in [-0.39, 0.29) is 24.6 Å². The van der Waals surface area contributed by atoms with Crippen molar-refractivity contribution < 1.29 is 19.5 Å². The number of urea groups is 2. The predicted octanol–water partition coefficient (Wildman–Crippen LogP) is -0.0937. The molecule has 2 aliphatic rings. The van der Waals surface area contributed by atoms with Crippen LogP contribution in [0.5, 0.6) is 0 Å². The number of piperazine rings is 1. The number of hydrogen-bond donors (Lipinski definition) is 3. The summed E-state index contributed by atoms with van der Waals surface area (Å²) >= 11 is 0. The summed E-state index contributed by atoms with van der Waals surface area (Å²) in [6.07, 6.45) is 1.31. The zero-order valence-electron chi connectivity index (χ0n) is 12.2. The predicted molar refractivity (Wildman–Crippen MR) is 74.9 cm³/mol. The molecule has 8 nitrogen and oxygen atoms in total. The average Bonchev–Trinajstić information content (AvgIpc) is 2.83. The van der Waals surface area contributed by atoms with Crippen molar-refractivity contribution >= 4 is 18.0 Å². The third-order valence-electron chi connectivity index (χ3n) is 4.01. The zero-order chi connectivity index (χ0) is 15.4. The van der Waals surface area contributed by atoms with Crippen LogP contribution in [0.25, 0.3) is 0 Å². The summed E-state index contributed by atoms with van der Waals surface area (Å²) in [5, 5.41) is 14.5. The van der Waals surface area contributed by atoms with Crippen LogP contribution < -0.4 is 10.6 Å². The van der Waals surface area contributed by atoms with Gasteiger partial charge in [0.05, 0.1) is 12.0 Å². The van der Waals surface area contributed by atoms with Crippen LogP contribution in [0.1, 0.15) is 19.8 Å². The SMILES string of the molecule is CCCC(CNC(=O)N1CCN2C(=O)NCC2C1)C(=O)O. The van der Waals surface area contributed by atoms with Gasteiger partial charge >= 0.3 is 18.0 Å². The Labute approximate surface area is 123 Å². The molecule has 0 radical (unpaired) electrons. The number of carboxylic acids is 1. The topological polar surface area (TPSA) is 102 Å². The van der Waals surface area contributed by atoms with E-state index < -0.39 is 11.9 Å². The van der Waals surface area contributed by atoms with Gasteiger partial charge in [0, 0.05) is 32.7 Å². The Morgan fingerprint density at radius 2 is 2.24 bits per heavy atom. The van der Waals surface area contributed by atoms with Crippen LogP contribution in [0.4, 0.5) is 9.59 Å². The average molecular weight is 298 g/mol. The van der Waals surface area contributed by atoms with E-state index in [4.69, 9.17) is 5.11 Å². The first kappa shape index (κ1) is 15.4. The van der Waals surface area contributed by atoms with E-state index in [9.17, 15) is 14.4 Å². The fourth-order valence-corrected chi connectivity index (χ4v) is 2.77. The van der Waals surface area contributed by atoms with Gasteiger partial charge in [0.15, 0.2) is 0 Å². The van der Waals surface area contributed by atoms with Gasteiger partial charge in [0.2, 0.25) is 0 Å². The van der Waals surface area contributed by atoms with Crippen LogP contribution in [0.15, 0.2) is 0 Å². The minimum Gasteiger partial charge on any atom is -0.481 e. The molecule has 8 heteroatoms. The summed E-state index contributed by atoms with van der Waals surface area (Å²) in [4.78, 5) is 38.0. The second-order valence-electron chi connectivity index (χ2n) is 5.49. The molecule has 2 unspecified atom stereocenters. The highest BCUT2D eigenvalue weighted by Gasteiger charge is 2.36. The van der Waals surface area contributed by atoms with Crippen LogP contribution in [0.3, 0.4) is 0 Å². The largest absolute Gasteiger partial charge is 0.481 e.